The molecular weight excluding hydrogens is 477 g/mol. The second-order valence-electron chi connectivity index (χ2n) is 9.68. The van der Waals surface area contributed by atoms with Crippen LogP contribution in [0.1, 0.15) is 54.9 Å². The molecule has 1 heterocycles. The van der Waals surface area contributed by atoms with E-state index in [0.29, 0.717) is 23.1 Å². The van der Waals surface area contributed by atoms with E-state index in [1.807, 2.05) is 97.9 Å². The predicted molar refractivity (Wildman–Crippen MR) is 146 cm³/mol. The highest BCUT2D eigenvalue weighted by Gasteiger charge is 2.61. The molecule has 0 saturated heterocycles. The van der Waals surface area contributed by atoms with Gasteiger partial charge in [0.15, 0.2) is 5.78 Å². The largest absolute Gasteiger partial charge is 0.369 e. The molecule has 1 aliphatic rings. The smallest absolute Gasteiger partial charge is 0.273 e. The number of amides is 1. The van der Waals surface area contributed by atoms with Gasteiger partial charge in [-0.25, -0.2) is 4.39 Å². The molecule has 5 heteroatoms. The number of rotatable bonds is 9. The van der Waals surface area contributed by atoms with Gasteiger partial charge in [0.25, 0.3) is 5.91 Å². The summed E-state index contributed by atoms with van der Waals surface area (Å²) in [4.78, 5) is 29.5. The summed E-state index contributed by atoms with van der Waals surface area (Å²) in [7, 11) is 0. The van der Waals surface area contributed by atoms with E-state index in [2.05, 4.69) is 0 Å². The quantitative estimate of drug-likeness (QED) is 0.160. The Morgan fingerprint density at radius 1 is 0.789 bits per heavy atom. The molecule has 1 atom stereocenters. The number of benzene rings is 4. The second kappa shape index (κ2) is 10.3. The van der Waals surface area contributed by atoms with Gasteiger partial charge in [-0.2, -0.15) is 0 Å². The first-order valence-corrected chi connectivity index (χ1v) is 13.0. The highest BCUT2D eigenvalue weighted by atomic mass is 19.1. The average molecular weight is 508 g/mol. The number of Topliss-reactive ketones (excluding diaryl/α,β-unsaturated/α-hetero) is 1. The third-order valence-corrected chi connectivity index (χ3v) is 7.43. The molecule has 1 N–H and O–H groups in total. The lowest BCUT2D eigenvalue weighted by molar-refractivity contribution is -0.150. The Morgan fingerprint density at radius 2 is 1.29 bits per heavy atom. The second-order valence-corrected chi connectivity index (χ2v) is 9.68. The van der Waals surface area contributed by atoms with E-state index >= 15 is 4.39 Å². The van der Waals surface area contributed by atoms with Crippen molar-refractivity contribution in [1.29, 1.82) is 0 Å². The van der Waals surface area contributed by atoms with Gasteiger partial charge in [0.1, 0.15) is 11.4 Å². The van der Waals surface area contributed by atoms with Crippen LogP contribution in [-0.2, 0) is 20.7 Å². The number of carbonyl (C=O) groups excluding carboxylic acids is 2. The molecule has 4 aromatic rings. The standard InChI is InChI=1S/C33H30FNO3/c1-2-3-7-23-29(36)33(38)27-21-14-22-28(34)30(27)35(31(33)37)32(24-15-8-4-9-16-24,25-17-10-5-11-18-25)26-19-12-6-13-20-26/h4-6,8-22,38H,2-3,7,23H2,1H3/t33-/m1/s1. The first-order valence-electron chi connectivity index (χ1n) is 13.0. The zero-order chi connectivity index (χ0) is 26.8. The molecule has 5 rings (SSSR count). The Bertz CT molecular complexity index is 1340. The van der Waals surface area contributed by atoms with Crippen LogP contribution in [0.3, 0.4) is 0 Å². The molecule has 0 bridgehead atoms. The molecule has 1 aliphatic heterocycles. The number of para-hydroxylation sites is 1. The van der Waals surface area contributed by atoms with Crippen molar-refractivity contribution >= 4 is 17.4 Å². The highest BCUT2D eigenvalue weighted by molar-refractivity contribution is 6.21. The molecule has 0 spiro atoms. The van der Waals surface area contributed by atoms with Gasteiger partial charge in [-0.15, -0.1) is 0 Å². The number of halogens is 1. The molecule has 0 saturated carbocycles. The number of ketones is 1. The minimum Gasteiger partial charge on any atom is -0.369 e. The molecule has 38 heavy (non-hydrogen) atoms. The monoisotopic (exact) mass is 507 g/mol. The summed E-state index contributed by atoms with van der Waals surface area (Å²) in [5, 5.41) is 12.0. The zero-order valence-electron chi connectivity index (χ0n) is 21.3. The summed E-state index contributed by atoms with van der Waals surface area (Å²) in [6.45, 7) is 2.01. The topological polar surface area (TPSA) is 57.6 Å². The summed E-state index contributed by atoms with van der Waals surface area (Å²) in [6, 6.07) is 32.3. The molecule has 0 fully saturated rings. The fourth-order valence-electron chi connectivity index (χ4n) is 5.64. The number of aliphatic hydroxyl groups is 1. The molecule has 4 aromatic carbocycles. The highest BCUT2D eigenvalue weighted by Crippen LogP contribution is 2.53. The molecule has 192 valence electrons. The van der Waals surface area contributed by atoms with Gasteiger partial charge >= 0.3 is 0 Å². The number of hydrogen-bond donors (Lipinski definition) is 1. The molecule has 0 unspecified atom stereocenters. The maximum atomic E-state index is 15.9. The summed E-state index contributed by atoms with van der Waals surface area (Å²) in [5.74, 6) is -2.15. The van der Waals surface area contributed by atoms with Crippen molar-refractivity contribution in [2.45, 2.75) is 43.7 Å². The Morgan fingerprint density at radius 3 is 1.76 bits per heavy atom. The van der Waals surface area contributed by atoms with Crippen molar-refractivity contribution in [3.05, 3.63) is 137 Å². The lowest BCUT2D eigenvalue weighted by Gasteiger charge is -2.44. The van der Waals surface area contributed by atoms with Crippen molar-refractivity contribution in [1.82, 2.24) is 0 Å². The third kappa shape index (κ3) is 3.86. The van der Waals surface area contributed by atoms with Crippen LogP contribution in [0.4, 0.5) is 10.1 Å². The lowest BCUT2D eigenvalue weighted by atomic mass is 9.75. The zero-order valence-corrected chi connectivity index (χ0v) is 21.3. The van der Waals surface area contributed by atoms with Crippen LogP contribution in [0.25, 0.3) is 0 Å². The fourth-order valence-corrected chi connectivity index (χ4v) is 5.64. The normalized spacial score (nSPS) is 16.9. The van der Waals surface area contributed by atoms with Gasteiger partial charge in [-0.1, -0.05) is 123 Å². The number of fused-ring (bicyclic) bond motifs is 1. The minimum absolute atomic E-state index is 0.0174. The van der Waals surface area contributed by atoms with Gasteiger partial charge in [0.2, 0.25) is 5.60 Å². The maximum Gasteiger partial charge on any atom is 0.273 e. The predicted octanol–water partition coefficient (Wildman–Crippen LogP) is 6.50. The van der Waals surface area contributed by atoms with Crippen LogP contribution >= 0.6 is 0 Å². The molecule has 4 nitrogen and oxygen atoms in total. The summed E-state index contributed by atoms with van der Waals surface area (Å²) < 4.78 is 15.9. The Kier molecular flexibility index (Phi) is 6.96. The average Bonchev–Trinajstić information content (AvgIpc) is 3.20. The molecular formula is C33H30FNO3. The van der Waals surface area contributed by atoms with Crippen LogP contribution in [0.15, 0.2) is 109 Å². The molecule has 0 radical (unpaired) electrons. The van der Waals surface area contributed by atoms with E-state index in [-0.39, 0.29) is 17.7 Å². The van der Waals surface area contributed by atoms with Crippen LogP contribution in [0.5, 0.6) is 0 Å². The van der Waals surface area contributed by atoms with Crippen molar-refractivity contribution in [2.24, 2.45) is 0 Å². The van der Waals surface area contributed by atoms with Gasteiger partial charge in [0, 0.05) is 12.0 Å². The van der Waals surface area contributed by atoms with Gasteiger partial charge < -0.3 is 5.11 Å². The number of unbranched alkanes of at least 4 members (excludes halogenated alkanes) is 2. The van der Waals surface area contributed by atoms with Crippen molar-refractivity contribution < 1.29 is 19.1 Å². The van der Waals surface area contributed by atoms with Crippen molar-refractivity contribution in [3.8, 4) is 0 Å². The van der Waals surface area contributed by atoms with Crippen molar-refractivity contribution in [3.63, 3.8) is 0 Å². The van der Waals surface area contributed by atoms with E-state index in [1.54, 1.807) is 0 Å². The van der Waals surface area contributed by atoms with Crippen LogP contribution < -0.4 is 4.90 Å². The first-order chi connectivity index (χ1) is 18.5. The molecule has 1 amide bonds. The van der Waals surface area contributed by atoms with Crippen LogP contribution in [0.2, 0.25) is 0 Å². The first kappa shape index (κ1) is 25.6. The molecule has 0 aliphatic carbocycles. The SMILES string of the molecule is CCCCCC(=O)[C@@]1(O)C(=O)N(C(c2ccccc2)(c2ccccc2)c2ccccc2)c2c(F)cccc21. The Hall–Kier alpha value is -4.09. The third-order valence-electron chi connectivity index (χ3n) is 7.43. The van der Waals surface area contributed by atoms with Crippen LogP contribution in [-0.4, -0.2) is 16.8 Å². The van der Waals surface area contributed by atoms with E-state index in [0.717, 1.165) is 12.8 Å². The number of carbonyl (C=O) groups is 2. The van der Waals surface area contributed by atoms with Gasteiger partial charge in [0.05, 0.1) is 5.69 Å². The Balaban J connectivity index is 1.86. The number of hydrogen-bond acceptors (Lipinski definition) is 3. The van der Waals surface area contributed by atoms with E-state index < -0.39 is 28.6 Å². The van der Waals surface area contributed by atoms with Gasteiger partial charge in [-0.3, -0.25) is 14.5 Å². The number of anilines is 1. The summed E-state index contributed by atoms with van der Waals surface area (Å²) in [5.41, 5.74) is -1.87. The molecule has 0 aromatic heterocycles. The van der Waals surface area contributed by atoms with Crippen molar-refractivity contribution in [2.75, 3.05) is 4.90 Å². The fraction of sp³-hybridized carbons (Fsp3) is 0.212. The lowest BCUT2D eigenvalue weighted by Crippen LogP contribution is -2.55. The Labute approximate surface area is 222 Å². The van der Waals surface area contributed by atoms with Gasteiger partial charge in [-0.05, 0) is 29.2 Å². The van der Waals surface area contributed by atoms with E-state index in [9.17, 15) is 14.7 Å². The van der Waals surface area contributed by atoms with Crippen LogP contribution in [0, 0.1) is 5.82 Å². The number of nitrogens with zero attached hydrogens (tertiary/aromatic N) is 1. The summed E-state index contributed by atoms with van der Waals surface area (Å²) in [6.07, 6.45) is 2.24. The maximum absolute atomic E-state index is 15.9. The minimum atomic E-state index is -2.49. The summed E-state index contributed by atoms with van der Waals surface area (Å²) >= 11 is 0. The van der Waals surface area contributed by atoms with E-state index in [1.165, 1.54) is 23.1 Å². The van der Waals surface area contributed by atoms with E-state index in [4.69, 9.17) is 0 Å².